The van der Waals surface area contributed by atoms with Crippen molar-refractivity contribution in [2.45, 2.75) is 19.3 Å². The van der Waals surface area contributed by atoms with Crippen molar-refractivity contribution in [3.05, 3.63) is 53.3 Å². The minimum absolute atomic E-state index is 0.505. The van der Waals surface area contributed by atoms with Crippen LogP contribution in [0.15, 0.2) is 36.7 Å². The van der Waals surface area contributed by atoms with Gasteiger partial charge in [0.1, 0.15) is 11.8 Å². The second kappa shape index (κ2) is 4.50. The standard InChI is InChI=1S/C15H12N2O/c16-9-13-6-7-17-10-15(13)18-14-5-4-11-2-1-3-12(11)8-14/h4-8,10H,1-3H2. The molecule has 0 atom stereocenters. The fraction of sp³-hybridized carbons (Fsp3) is 0.200. The van der Waals surface area contributed by atoms with Crippen LogP contribution in [0, 0.1) is 11.3 Å². The fourth-order valence-electron chi connectivity index (χ4n) is 2.29. The Balaban J connectivity index is 1.91. The van der Waals surface area contributed by atoms with Crippen LogP contribution in [0.1, 0.15) is 23.1 Å². The van der Waals surface area contributed by atoms with E-state index in [1.54, 1.807) is 18.5 Å². The summed E-state index contributed by atoms with van der Waals surface area (Å²) in [5, 5.41) is 8.99. The van der Waals surface area contributed by atoms with Gasteiger partial charge in [-0.1, -0.05) is 6.07 Å². The molecule has 1 aromatic heterocycles. The van der Waals surface area contributed by atoms with E-state index in [0.717, 1.165) is 18.6 Å². The number of nitriles is 1. The number of fused-ring (bicyclic) bond motifs is 1. The van der Waals surface area contributed by atoms with Crippen LogP contribution in [-0.2, 0) is 12.8 Å². The van der Waals surface area contributed by atoms with Crippen molar-refractivity contribution < 1.29 is 4.74 Å². The first-order valence-corrected chi connectivity index (χ1v) is 6.00. The zero-order valence-electron chi connectivity index (χ0n) is 9.89. The van der Waals surface area contributed by atoms with Gasteiger partial charge in [0.15, 0.2) is 5.75 Å². The van der Waals surface area contributed by atoms with E-state index in [1.165, 1.54) is 17.5 Å². The van der Waals surface area contributed by atoms with E-state index in [4.69, 9.17) is 10.00 Å². The van der Waals surface area contributed by atoms with E-state index in [0.29, 0.717) is 11.3 Å². The normalized spacial score (nSPS) is 12.8. The average Bonchev–Trinajstić information content (AvgIpc) is 2.87. The van der Waals surface area contributed by atoms with Crippen molar-refractivity contribution in [2.24, 2.45) is 0 Å². The van der Waals surface area contributed by atoms with Gasteiger partial charge in [-0.2, -0.15) is 5.26 Å². The summed E-state index contributed by atoms with van der Waals surface area (Å²) in [4.78, 5) is 3.99. The maximum atomic E-state index is 8.99. The van der Waals surface area contributed by atoms with E-state index < -0.39 is 0 Å². The van der Waals surface area contributed by atoms with Gasteiger partial charge in [-0.3, -0.25) is 4.98 Å². The Bertz CT molecular complexity index is 629. The van der Waals surface area contributed by atoms with Crippen molar-refractivity contribution in [2.75, 3.05) is 0 Å². The molecular formula is C15H12N2O. The largest absolute Gasteiger partial charge is 0.454 e. The number of rotatable bonds is 2. The van der Waals surface area contributed by atoms with E-state index in [-0.39, 0.29) is 0 Å². The molecule has 0 bridgehead atoms. The van der Waals surface area contributed by atoms with Crippen LogP contribution in [0.5, 0.6) is 11.5 Å². The molecule has 0 spiro atoms. The summed E-state index contributed by atoms with van der Waals surface area (Å²) in [6.07, 6.45) is 6.66. The summed E-state index contributed by atoms with van der Waals surface area (Å²) >= 11 is 0. The molecular weight excluding hydrogens is 224 g/mol. The Morgan fingerprint density at radius 1 is 1.17 bits per heavy atom. The van der Waals surface area contributed by atoms with Crippen molar-refractivity contribution in [1.29, 1.82) is 5.26 Å². The minimum atomic E-state index is 0.505. The Morgan fingerprint density at radius 2 is 2.06 bits per heavy atom. The molecule has 1 heterocycles. The fourth-order valence-corrected chi connectivity index (χ4v) is 2.29. The Hall–Kier alpha value is -2.34. The number of ether oxygens (including phenoxy) is 1. The lowest BCUT2D eigenvalue weighted by atomic mass is 10.1. The topological polar surface area (TPSA) is 45.9 Å². The molecule has 88 valence electrons. The summed E-state index contributed by atoms with van der Waals surface area (Å²) in [6.45, 7) is 0. The third kappa shape index (κ3) is 1.93. The van der Waals surface area contributed by atoms with E-state index in [9.17, 15) is 0 Å². The summed E-state index contributed by atoms with van der Waals surface area (Å²) < 4.78 is 5.74. The minimum Gasteiger partial charge on any atom is -0.454 e. The molecule has 0 fully saturated rings. The van der Waals surface area contributed by atoms with Crippen LogP contribution in [-0.4, -0.2) is 4.98 Å². The van der Waals surface area contributed by atoms with Gasteiger partial charge in [0, 0.05) is 6.20 Å². The van der Waals surface area contributed by atoms with E-state index in [2.05, 4.69) is 23.2 Å². The molecule has 3 rings (SSSR count). The zero-order valence-corrected chi connectivity index (χ0v) is 9.89. The van der Waals surface area contributed by atoms with Gasteiger partial charge in [-0.05, 0) is 48.6 Å². The Kier molecular flexibility index (Phi) is 2.70. The lowest BCUT2D eigenvalue weighted by Gasteiger charge is -2.08. The zero-order chi connectivity index (χ0) is 12.4. The highest BCUT2D eigenvalue weighted by atomic mass is 16.5. The van der Waals surface area contributed by atoms with Crippen molar-refractivity contribution in [3.8, 4) is 17.6 Å². The van der Waals surface area contributed by atoms with E-state index in [1.807, 2.05) is 6.07 Å². The summed E-state index contributed by atoms with van der Waals surface area (Å²) in [6, 6.07) is 9.89. The maximum absolute atomic E-state index is 8.99. The molecule has 0 amide bonds. The van der Waals surface area contributed by atoms with Crippen LogP contribution >= 0.6 is 0 Å². The molecule has 0 radical (unpaired) electrons. The number of aryl methyl sites for hydroxylation is 2. The van der Waals surface area contributed by atoms with Gasteiger partial charge < -0.3 is 4.74 Å². The smallest absolute Gasteiger partial charge is 0.163 e. The van der Waals surface area contributed by atoms with Gasteiger partial charge in [-0.25, -0.2) is 0 Å². The first-order chi connectivity index (χ1) is 8.86. The third-order valence-electron chi connectivity index (χ3n) is 3.20. The molecule has 1 aromatic carbocycles. The van der Waals surface area contributed by atoms with Gasteiger partial charge in [-0.15, -0.1) is 0 Å². The molecule has 0 N–H and O–H groups in total. The molecule has 1 aliphatic rings. The summed E-state index contributed by atoms with van der Waals surface area (Å²) in [5.41, 5.74) is 3.27. The average molecular weight is 236 g/mol. The third-order valence-corrected chi connectivity index (χ3v) is 3.20. The molecule has 0 aliphatic heterocycles. The van der Waals surface area contributed by atoms with Gasteiger partial charge in [0.25, 0.3) is 0 Å². The van der Waals surface area contributed by atoms with Crippen LogP contribution in [0.2, 0.25) is 0 Å². The van der Waals surface area contributed by atoms with Crippen molar-refractivity contribution in [3.63, 3.8) is 0 Å². The number of aromatic nitrogens is 1. The number of pyridine rings is 1. The first-order valence-electron chi connectivity index (χ1n) is 6.00. The molecule has 0 unspecified atom stereocenters. The molecule has 1 aliphatic carbocycles. The highest BCUT2D eigenvalue weighted by Crippen LogP contribution is 2.29. The lowest BCUT2D eigenvalue weighted by Crippen LogP contribution is -1.91. The Labute approximate surface area is 106 Å². The van der Waals surface area contributed by atoms with Crippen LogP contribution in [0.25, 0.3) is 0 Å². The highest BCUT2D eigenvalue weighted by molar-refractivity contribution is 5.45. The second-order valence-corrected chi connectivity index (χ2v) is 4.37. The second-order valence-electron chi connectivity index (χ2n) is 4.37. The Morgan fingerprint density at radius 3 is 2.94 bits per heavy atom. The monoisotopic (exact) mass is 236 g/mol. The number of hydrogen-bond acceptors (Lipinski definition) is 3. The van der Waals surface area contributed by atoms with E-state index >= 15 is 0 Å². The molecule has 18 heavy (non-hydrogen) atoms. The molecule has 0 saturated carbocycles. The number of benzene rings is 1. The summed E-state index contributed by atoms with van der Waals surface area (Å²) in [7, 11) is 0. The first kappa shape index (κ1) is 10.8. The number of nitrogens with zero attached hydrogens (tertiary/aromatic N) is 2. The van der Waals surface area contributed by atoms with Gasteiger partial charge >= 0.3 is 0 Å². The SMILES string of the molecule is N#Cc1ccncc1Oc1ccc2c(c1)CCC2. The maximum Gasteiger partial charge on any atom is 0.163 e. The van der Waals surface area contributed by atoms with Gasteiger partial charge in [0.2, 0.25) is 0 Å². The molecule has 3 nitrogen and oxygen atoms in total. The summed E-state index contributed by atoms with van der Waals surface area (Å²) in [5.74, 6) is 1.29. The highest BCUT2D eigenvalue weighted by Gasteiger charge is 2.12. The number of hydrogen-bond donors (Lipinski definition) is 0. The molecule has 0 saturated heterocycles. The predicted molar refractivity (Wildman–Crippen MR) is 67.5 cm³/mol. The van der Waals surface area contributed by atoms with Crippen LogP contribution < -0.4 is 4.74 Å². The van der Waals surface area contributed by atoms with Crippen LogP contribution in [0.4, 0.5) is 0 Å². The quantitative estimate of drug-likeness (QED) is 0.804. The van der Waals surface area contributed by atoms with Gasteiger partial charge in [0.05, 0.1) is 11.8 Å². The van der Waals surface area contributed by atoms with Crippen molar-refractivity contribution in [1.82, 2.24) is 4.98 Å². The molecule has 3 heteroatoms. The lowest BCUT2D eigenvalue weighted by molar-refractivity contribution is 0.478. The molecule has 2 aromatic rings. The van der Waals surface area contributed by atoms with Crippen molar-refractivity contribution >= 4 is 0 Å². The van der Waals surface area contributed by atoms with Crippen LogP contribution in [0.3, 0.4) is 0 Å². The predicted octanol–water partition coefficient (Wildman–Crippen LogP) is 3.23.